The SMILES string of the molecule is CCc1cc(-n2cnnn2)ccc1Cl. The molecule has 1 aromatic carbocycles. The molecule has 0 fully saturated rings. The molecule has 14 heavy (non-hydrogen) atoms. The molecule has 1 aromatic heterocycles. The Balaban J connectivity index is 2.46. The predicted octanol–water partition coefficient (Wildman–Crippen LogP) is 1.88. The maximum absolute atomic E-state index is 6.00. The van der Waals surface area contributed by atoms with Gasteiger partial charge in [-0.05, 0) is 40.6 Å². The van der Waals surface area contributed by atoms with Crippen LogP contribution in [0.2, 0.25) is 5.02 Å². The van der Waals surface area contributed by atoms with Gasteiger partial charge in [-0.2, -0.15) is 0 Å². The summed E-state index contributed by atoms with van der Waals surface area (Å²) in [5.74, 6) is 0. The summed E-state index contributed by atoms with van der Waals surface area (Å²) < 4.78 is 1.61. The van der Waals surface area contributed by atoms with E-state index in [-0.39, 0.29) is 0 Å². The Hall–Kier alpha value is -1.42. The van der Waals surface area contributed by atoms with Crippen LogP contribution in [0.4, 0.5) is 0 Å². The molecule has 0 amide bonds. The summed E-state index contributed by atoms with van der Waals surface area (Å²) in [6.07, 6.45) is 2.46. The van der Waals surface area contributed by atoms with E-state index in [4.69, 9.17) is 11.6 Å². The molecule has 0 aliphatic carbocycles. The van der Waals surface area contributed by atoms with Crippen LogP contribution >= 0.6 is 11.6 Å². The van der Waals surface area contributed by atoms with E-state index in [1.54, 1.807) is 11.0 Å². The van der Waals surface area contributed by atoms with E-state index in [9.17, 15) is 0 Å². The van der Waals surface area contributed by atoms with Crippen LogP contribution in [-0.4, -0.2) is 20.2 Å². The van der Waals surface area contributed by atoms with Crippen LogP contribution in [0.1, 0.15) is 12.5 Å². The van der Waals surface area contributed by atoms with E-state index >= 15 is 0 Å². The number of aromatic nitrogens is 4. The van der Waals surface area contributed by atoms with Gasteiger partial charge in [0.05, 0.1) is 5.69 Å². The fourth-order valence-electron chi connectivity index (χ4n) is 1.25. The number of tetrazole rings is 1. The topological polar surface area (TPSA) is 43.6 Å². The first-order chi connectivity index (χ1) is 6.81. The van der Waals surface area contributed by atoms with E-state index in [1.807, 2.05) is 18.2 Å². The van der Waals surface area contributed by atoms with Gasteiger partial charge in [0.15, 0.2) is 0 Å². The Morgan fingerprint density at radius 1 is 1.43 bits per heavy atom. The summed E-state index contributed by atoms with van der Waals surface area (Å²) in [7, 11) is 0. The smallest absolute Gasteiger partial charge is 0.143 e. The molecule has 0 saturated carbocycles. The molecule has 0 aliphatic rings. The number of nitrogens with zero attached hydrogens (tertiary/aromatic N) is 4. The standard InChI is InChI=1S/C9H9ClN4/c1-2-7-5-8(3-4-9(7)10)14-6-11-12-13-14/h3-6H,2H2,1H3. The van der Waals surface area contributed by atoms with Crippen molar-refractivity contribution in [3.8, 4) is 5.69 Å². The van der Waals surface area contributed by atoms with Gasteiger partial charge in [0.25, 0.3) is 0 Å². The number of benzene rings is 1. The van der Waals surface area contributed by atoms with Crippen LogP contribution in [0.5, 0.6) is 0 Å². The minimum Gasteiger partial charge on any atom is -0.201 e. The summed E-state index contributed by atoms with van der Waals surface area (Å²) in [4.78, 5) is 0. The Bertz CT molecular complexity index is 424. The van der Waals surface area contributed by atoms with Crippen molar-refractivity contribution in [2.45, 2.75) is 13.3 Å². The fraction of sp³-hybridized carbons (Fsp3) is 0.222. The molecular formula is C9H9ClN4. The van der Waals surface area contributed by atoms with Crippen molar-refractivity contribution in [1.29, 1.82) is 0 Å². The van der Waals surface area contributed by atoms with Crippen LogP contribution in [0.3, 0.4) is 0 Å². The summed E-state index contributed by atoms with van der Waals surface area (Å²) in [5, 5.41) is 11.7. The quantitative estimate of drug-likeness (QED) is 0.757. The molecule has 0 N–H and O–H groups in total. The lowest BCUT2D eigenvalue weighted by Crippen LogP contribution is -1.96. The molecule has 0 unspecified atom stereocenters. The highest BCUT2D eigenvalue weighted by atomic mass is 35.5. The Morgan fingerprint density at radius 3 is 2.93 bits per heavy atom. The van der Waals surface area contributed by atoms with Crippen molar-refractivity contribution < 1.29 is 0 Å². The maximum Gasteiger partial charge on any atom is 0.143 e. The lowest BCUT2D eigenvalue weighted by molar-refractivity contribution is 0.788. The zero-order chi connectivity index (χ0) is 9.97. The molecule has 0 radical (unpaired) electrons. The molecule has 1 heterocycles. The first-order valence-electron chi connectivity index (χ1n) is 4.33. The molecule has 2 aromatic rings. The number of halogens is 1. The zero-order valence-electron chi connectivity index (χ0n) is 7.68. The van der Waals surface area contributed by atoms with Crippen molar-refractivity contribution in [3.05, 3.63) is 35.1 Å². The van der Waals surface area contributed by atoms with Crippen LogP contribution in [0, 0.1) is 0 Å². The van der Waals surface area contributed by atoms with Crippen molar-refractivity contribution >= 4 is 11.6 Å². The maximum atomic E-state index is 6.00. The fourth-order valence-corrected chi connectivity index (χ4v) is 1.51. The number of hydrogen-bond donors (Lipinski definition) is 0. The third kappa shape index (κ3) is 1.61. The number of aryl methyl sites for hydroxylation is 1. The molecule has 72 valence electrons. The highest BCUT2D eigenvalue weighted by molar-refractivity contribution is 6.31. The lowest BCUT2D eigenvalue weighted by atomic mass is 10.1. The summed E-state index contributed by atoms with van der Waals surface area (Å²) in [5.41, 5.74) is 2.02. The van der Waals surface area contributed by atoms with Gasteiger partial charge in [-0.15, -0.1) is 5.10 Å². The molecular weight excluding hydrogens is 200 g/mol. The number of hydrogen-bond acceptors (Lipinski definition) is 3. The van der Waals surface area contributed by atoms with Crippen LogP contribution in [0.15, 0.2) is 24.5 Å². The van der Waals surface area contributed by atoms with Gasteiger partial charge in [0.1, 0.15) is 6.33 Å². The number of rotatable bonds is 2. The molecule has 0 bridgehead atoms. The van der Waals surface area contributed by atoms with Crippen molar-refractivity contribution in [3.63, 3.8) is 0 Å². The second-order valence-electron chi connectivity index (χ2n) is 2.88. The molecule has 2 rings (SSSR count). The van der Waals surface area contributed by atoms with E-state index in [0.717, 1.165) is 22.7 Å². The van der Waals surface area contributed by atoms with E-state index < -0.39 is 0 Å². The molecule has 0 saturated heterocycles. The Kier molecular flexibility index (Phi) is 2.45. The Morgan fingerprint density at radius 2 is 2.29 bits per heavy atom. The van der Waals surface area contributed by atoms with Crippen LogP contribution < -0.4 is 0 Å². The molecule has 0 aliphatic heterocycles. The second-order valence-corrected chi connectivity index (χ2v) is 3.29. The van der Waals surface area contributed by atoms with E-state index in [1.165, 1.54) is 0 Å². The van der Waals surface area contributed by atoms with Gasteiger partial charge in [-0.1, -0.05) is 18.5 Å². The minimum atomic E-state index is 0.782. The van der Waals surface area contributed by atoms with Crippen molar-refractivity contribution in [2.75, 3.05) is 0 Å². The molecule has 0 atom stereocenters. The Labute approximate surface area is 86.5 Å². The monoisotopic (exact) mass is 208 g/mol. The first kappa shape index (κ1) is 9.15. The van der Waals surface area contributed by atoms with Gasteiger partial charge < -0.3 is 0 Å². The van der Waals surface area contributed by atoms with E-state index in [2.05, 4.69) is 22.4 Å². The third-order valence-electron chi connectivity index (χ3n) is 2.02. The molecule has 4 nitrogen and oxygen atoms in total. The molecule has 5 heteroatoms. The normalized spacial score (nSPS) is 10.4. The average molecular weight is 209 g/mol. The van der Waals surface area contributed by atoms with Gasteiger partial charge in [0.2, 0.25) is 0 Å². The summed E-state index contributed by atoms with van der Waals surface area (Å²) in [6.45, 7) is 2.06. The van der Waals surface area contributed by atoms with Crippen LogP contribution in [-0.2, 0) is 6.42 Å². The highest BCUT2D eigenvalue weighted by Crippen LogP contribution is 2.19. The predicted molar refractivity (Wildman–Crippen MR) is 53.5 cm³/mol. The van der Waals surface area contributed by atoms with Crippen molar-refractivity contribution in [1.82, 2.24) is 20.2 Å². The lowest BCUT2D eigenvalue weighted by Gasteiger charge is -2.04. The van der Waals surface area contributed by atoms with Gasteiger partial charge in [-0.25, -0.2) is 4.68 Å². The summed E-state index contributed by atoms with van der Waals surface area (Å²) in [6, 6.07) is 5.73. The minimum absolute atomic E-state index is 0.782. The highest BCUT2D eigenvalue weighted by Gasteiger charge is 2.02. The van der Waals surface area contributed by atoms with E-state index in [0.29, 0.717) is 0 Å². The van der Waals surface area contributed by atoms with Gasteiger partial charge >= 0.3 is 0 Å². The first-order valence-corrected chi connectivity index (χ1v) is 4.71. The summed E-state index contributed by atoms with van der Waals surface area (Å²) >= 11 is 6.00. The van der Waals surface area contributed by atoms with Gasteiger partial charge in [0, 0.05) is 5.02 Å². The van der Waals surface area contributed by atoms with Gasteiger partial charge in [-0.3, -0.25) is 0 Å². The average Bonchev–Trinajstić information content (AvgIpc) is 2.71. The largest absolute Gasteiger partial charge is 0.201 e. The third-order valence-corrected chi connectivity index (χ3v) is 2.39. The zero-order valence-corrected chi connectivity index (χ0v) is 8.44. The molecule has 0 spiro atoms. The van der Waals surface area contributed by atoms with Crippen LogP contribution in [0.25, 0.3) is 5.69 Å². The van der Waals surface area contributed by atoms with Crippen molar-refractivity contribution in [2.24, 2.45) is 0 Å². The second kappa shape index (κ2) is 3.75.